The van der Waals surface area contributed by atoms with E-state index in [0.29, 0.717) is 23.7 Å². The molecule has 1 aromatic carbocycles. The Kier molecular flexibility index (Phi) is 5.48. The third kappa shape index (κ3) is 4.53. The molecule has 2 aromatic rings. The first kappa shape index (κ1) is 17.4. The Morgan fingerprint density at radius 2 is 2.04 bits per heavy atom. The second-order valence-electron chi connectivity index (χ2n) is 5.46. The number of hydrogen-bond acceptors (Lipinski definition) is 6. The van der Waals surface area contributed by atoms with Gasteiger partial charge in [0.15, 0.2) is 5.69 Å². The molecule has 0 aliphatic carbocycles. The fraction of sp³-hybridized carbons (Fsp3) is 0.333. The number of nitro groups is 1. The van der Waals surface area contributed by atoms with E-state index in [4.69, 9.17) is 4.74 Å². The smallest absolute Gasteiger partial charge is 0.434 e. The molecule has 0 bridgehead atoms. The summed E-state index contributed by atoms with van der Waals surface area (Å²) < 4.78 is 6.96. The average Bonchev–Trinajstić information content (AvgIpc) is 2.87. The molecular formula is C15H19N5O4. The molecule has 128 valence electrons. The van der Waals surface area contributed by atoms with Crippen molar-refractivity contribution in [3.8, 4) is 5.75 Å². The van der Waals surface area contributed by atoms with Crippen molar-refractivity contribution in [2.75, 3.05) is 26.0 Å². The van der Waals surface area contributed by atoms with E-state index in [1.165, 1.54) is 10.8 Å². The minimum absolute atomic E-state index is 0.101. The molecule has 0 radical (unpaired) electrons. The van der Waals surface area contributed by atoms with Crippen LogP contribution < -0.4 is 10.1 Å². The van der Waals surface area contributed by atoms with Crippen LogP contribution in [0.1, 0.15) is 5.69 Å². The standard InChI is InChI=1S/C15H19N5O4/c1-18(2)9-14(21)17-11-4-6-13(7-5-11)24-10-12-8-16-15(19(12)3)20(22)23/h4-8H,9-10H2,1-3H3,(H,17,21). The Bertz CT molecular complexity index is 724. The average molecular weight is 333 g/mol. The highest BCUT2D eigenvalue weighted by Crippen LogP contribution is 2.18. The molecule has 1 heterocycles. The minimum Gasteiger partial charge on any atom is -0.486 e. The number of ether oxygens (including phenoxy) is 1. The van der Waals surface area contributed by atoms with Crippen LogP contribution in [0.3, 0.4) is 0 Å². The lowest BCUT2D eigenvalue weighted by Gasteiger charge is -2.10. The van der Waals surface area contributed by atoms with Crippen LogP contribution in [-0.4, -0.2) is 45.9 Å². The van der Waals surface area contributed by atoms with Gasteiger partial charge >= 0.3 is 5.95 Å². The van der Waals surface area contributed by atoms with E-state index in [1.807, 2.05) is 14.1 Å². The topological polar surface area (TPSA) is 103 Å². The van der Waals surface area contributed by atoms with Crippen LogP contribution in [0.2, 0.25) is 0 Å². The van der Waals surface area contributed by atoms with Gasteiger partial charge in [-0.05, 0) is 43.3 Å². The summed E-state index contributed by atoms with van der Waals surface area (Å²) in [6.07, 6.45) is 1.41. The zero-order valence-electron chi connectivity index (χ0n) is 13.7. The Balaban J connectivity index is 1.92. The quantitative estimate of drug-likeness (QED) is 0.607. The lowest BCUT2D eigenvalue weighted by atomic mass is 10.3. The lowest BCUT2D eigenvalue weighted by molar-refractivity contribution is -0.396. The van der Waals surface area contributed by atoms with Crippen molar-refractivity contribution in [1.29, 1.82) is 0 Å². The van der Waals surface area contributed by atoms with Crippen LogP contribution in [0.4, 0.5) is 11.6 Å². The lowest BCUT2D eigenvalue weighted by Crippen LogP contribution is -2.27. The Hall–Kier alpha value is -2.94. The van der Waals surface area contributed by atoms with E-state index in [1.54, 1.807) is 36.2 Å². The Morgan fingerprint density at radius 3 is 2.58 bits per heavy atom. The number of nitrogens with zero attached hydrogens (tertiary/aromatic N) is 4. The predicted molar refractivity (Wildman–Crippen MR) is 87.8 cm³/mol. The highest BCUT2D eigenvalue weighted by atomic mass is 16.6. The van der Waals surface area contributed by atoms with Gasteiger partial charge in [0.2, 0.25) is 5.91 Å². The van der Waals surface area contributed by atoms with Crippen molar-refractivity contribution in [2.24, 2.45) is 7.05 Å². The van der Waals surface area contributed by atoms with Gasteiger partial charge in [0.1, 0.15) is 18.6 Å². The summed E-state index contributed by atoms with van der Waals surface area (Å²) in [5.74, 6) is 0.257. The van der Waals surface area contributed by atoms with Crippen LogP contribution >= 0.6 is 0 Å². The van der Waals surface area contributed by atoms with Gasteiger partial charge in [0.25, 0.3) is 0 Å². The second kappa shape index (κ2) is 7.55. The first-order chi connectivity index (χ1) is 11.4. The third-order valence-electron chi connectivity index (χ3n) is 3.21. The van der Waals surface area contributed by atoms with Gasteiger partial charge in [-0.2, -0.15) is 0 Å². The predicted octanol–water partition coefficient (Wildman–Crippen LogP) is 1.41. The number of benzene rings is 1. The summed E-state index contributed by atoms with van der Waals surface area (Å²) in [7, 11) is 5.20. The summed E-state index contributed by atoms with van der Waals surface area (Å²) in [6, 6.07) is 6.90. The number of aromatic nitrogens is 2. The molecule has 0 saturated carbocycles. The van der Waals surface area contributed by atoms with Crippen molar-refractivity contribution >= 4 is 17.5 Å². The molecule has 0 atom stereocenters. The van der Waals surface area contributed by atoms with Gasteiger partial charge in [-0.15, -0.1) is 0 Å². The number of amides is 1. The van der Waals surface area contributed by atoms with E-state index in [2.05, 4.69) is 10.3 Å². The number of anilines is 1. The molecule has 0 aliphatic rings. The zero-order valence-corrected chi connectivity index (χ0v) is 13.7. The summed E-state index contributed by atoms with van der Waals surface area (Å²) in [5, 5.41) is 13.5. The molecule has 24 heavy (non-hydrogen) atoms. The van der Waals surface area contributed by atoms with Gasteiger partial charge in [-0.1, -0.05) is 4.98 Å². The van der Waals surface area contributed by atoms with E-state index >= 15 is 0 Å². The molecular weight excluding hydrogens is 314 g/mol. The van der Waals surface area contributed by atoms with Crippen LogP contribution in [0.15, 0.2) is 30.5 Å². The second-order valence-corrected chi connectivity index (χ2v) is 5.46. The monoisotopic (exact) mass is 333 g/mol. The molecule has 9 heteroatoms. The third-order valence-corrected chi connectivity index (χ3v) is 3.21. The van der Waals surface area contributed by atoms with Crippen LogP contribution in [0.25, 0.3) is 0 Å². The fourth-order valence-electron chi connectivity index (χ4n) is 2.02. The molecule has 1 amide bonds. The van der Waals surface area contributed by atoms with Crippen molar-refractivity contribution < 1.29 is 14.5 Å². The molecule has 0 spiro atoms. The minimum atomic E-state index is -0.547. The number of hydrogen-bond donors (Lipinski definition) is 1. The first-order valence-electron chi connectivity index (χ1n) is 7.19. The maximum absolute atomic E-state index is 11.7. The fourth-order valence-corrected chi connectivity index (χ4v) is 2.02. The largest absolute Gasteiger partial charge is 0.486 e. The van der Waals surface area contributed by atoms with E-state index in [9.17, 15) is 14.9 Å². The highest BCUT2D eigenvalue weighted by Gasteiger charge is 2.17. The van der Waals surface area contributed by atoms with Gasteiger partial charge in [0.05, 0.1) is 13.6 Å². The molecule has 0 saturated heterocycles. The maximum Gasteiger partial charge on any atom is 0.434 e. The SMILES string of the molecule is CN(C)CC(=O)Nc1ccc(OCc2cnc([N+](=O)[O-])n2C)cc1. The molecule has 0 fully saturated rings. The van der Waals surface area contributed by atoms with E-state index in [-0.39, 0.29) is 18.5 Å². The highest BCUT2D eigenvalue weighted by molar-refractivity contribution is 5.92. The maximum atomic E-state index is 11.7. The Labute approximate surface area is 139 Å². The van der Waals surface area contributed by atoms with Crippen molar-refractivity contribution in [3.05, 3.63) is 46.3 Å². The van der Waals surface area contributed by atoms with Gasteiger partial charge in [-0.3, -0.25) is 4.79 Å². The molecule has 9 nitrogen and oxygen atoms in total. The van der Waals surface area contributed by atoms with Crippen LogP contribution in [0, 0.1) is 10.1 Å². The van der Waals surface area contributed by atoms with Gasteiger partial charge in [0, 0.05) is 5.69 Å². The molecule has 0 aliphatic heterocycles. The number of imidazole rings is 1. The number of rotatable bonds is 7. The number of carbonyl (C=O) groups is 1. The number of likely N-dealkylation sites (N-methyl/N-ethyl adjacent to an activating group) is 1. The molecule has 1 N–H and O–H groups in total. The molecule has 2 rings (SSSR count). The van der Waals surface area contributed by atoms with E-state index in [0.717, 1.165) is 0 Å². The van der Waals surface area contributed by atoms with E-state index < -0.39 is 4.92 Å². The first-order valence-corrected chi connectivity index (χ1v) is 7.19. The van der Waals surface area contributed by atoms with Gasteiger partial charge < -0.3 is 25.1 Å². The van der Waals surface area contributed by atoms with Gasteiger partial charge in [-0.25, -0.2) is 4.57 Å². The van der Waals surface area contributed by atoms with Crippen molar-refractivity contribution in [1.82, 2.24) is 14.5 Å². The van der Waals surface area contributed by atoms with Crippen LogP contribution in [0.5, 0.6) is 5.75 Å². The zero-order chi connectivity index (χ0) is 17.7. The number of nitrogens with one attached hydrogen (secondary N) is 1. The van der Waals surface area contributed by atoms with Crippen molar-refractivity contribution in [3.63, 3.8) is 0 Å². The normalized spacial score (nSPS) is 10.7. The molecule has 0 unspecified atom stereocenters. The molecule has 1 aromatic heterocycles. The van der Waals surface area contributed by atoms with Crippen molar-refractivity contribution in [2.45, 2.75) is 6.61 Å². The Morgan fingerprint density at radius 1 is 1.38 bits per heavy atom. The number of carbonyl (C=O) groups excluding carboxylic acids is 1. The summed E-state index contributed by atoms with van der Waals surface area (Å²) in [4.78, 5) is 27.4. The summed E-state index contributed by atoms with van der Waals surface area (Å²) >= 11 is 0. The summed E-state index contributed by atoms with van der Waals surface area (Å²) in [6.45, 7) is 0.460. The summed E-state index contributed by atoms with van der Waals surface area (Å²) in [5.41, 5.74) is 1.26. The van der Waals surface area contributed by atoms with Crippen LogP contribution in [-0.2, 0) is 18.4 Å².